The van der Waals surface area contributed by atoms with Gasteiger partial charge in [0.15, 0.2) is 0 Å². The Morgan fingerprint density at radius 1 is 0.939 bits per heavy atom. The number of aromatic hydroxyl groups is 1. The van der Waals surface area contributed by atoms with E-state index in [1.54, 1.807) is 36.4 Å². The molecule has 0 aliphatic carbocycles. The van der Waals surface area contributed by atoms with E-state index in [2.05, 4.69) is 23.7 Å². The van der Waals surface area contributed by atoms with Crippen LogP contribution in [0.25, 0.3) is 16.7 Å². The van der Waals surface area contributed by atoms with Crippen LogP contribution in [0.5, 0.6) is 17.2 Å². The van der Waals surface area contributed by atoms with Gasteiger partial charge in [-0.2, -0.15) is 0 Å². The summed E-state index contributed by atoms with van der Waals surface area (Å²) in [7, 11) is 0. The van der Waals surface area contributed by atoms with Crippen LogP contribution in [0.4, 0.5) is 0 Å². The van der Waals surface area contributed by atoms with Gasteiger partial charge in [0.2, 0.25) is 0 Å². The number of phenolic OH excluding ortho intramolecular Hbond substituents is 1. The molecule has 1 aromatic heterocycles. The van der Waals surface area contributed by atoms with E-state index in [-0.39, 0.29) is 19.0 Å². The highest BCUT2D eigenvalue weighted by Crippen LogP contribution is 2.27. The lowest BCUT2D eigenvalue weighted by Crippen LogP contribution is -2.10. The molecule has 3 rings (SSSR count). The zero-order valence-electron chi connectivity index (χ0n) is 19.0. The number of carbonyl (C=O) groups excluding carboxylic acids is 1. The van der Waals surface area contributed by atoms with Crippen molar-refractivity contribution in [1.82, 2.24) is 15.0 Å². The molecular formula is C25H31N3O5. The third-order valence-electron chi connectivity index (χ3n) is 5.04. The number of unbranched alkanes of at least 4 members (excludes halogenated alkanes) is 5. The molecule has 0 spiro atoms. The first-order valence-electron chi connectivity index (χ1n) is 11.4. The Bertz CT molecular complexity index is 1060. The zero-order valence-corrected chi connectivity index (χ0v) is 19.0. The number of rotatable bonds is 14. The molecule has 0 bridgehead atoms. The van der Waals surface area contributed by atoms with Gasteiger partial charge in [0.05, 0.1) is 6.61 Å². The average Bonchev–Trinajstić information content (AvgIpc) is 3.24. The first-order chi connectivity index (χ1) is 16.1. The molecule has 2 aromatic carbocycles. The van der Waals surface area contributed by atoms with Crippen molar-refractivity contribution >= 4 is 17.0 Å². The number of hydrogen-bond donors (Lipinski definition) is 1. The van der Waals surface area contributed by atoms with Crippen molar-refractivity contribution in [3.8, 4) is 22.9 Å². The zero-order chi connectivity index (χ0) is 23.5. The lowest BCUT2D eigenvalue weighted by molar-refractivity contribution is -0.138. The molecule has 33 heavy (non-hydrogen) atoms. The quantitative estimate of drug-likeness (QED) is 0.209. The second kappa shape index (κ2) is 12.5. The lowest BCUT2D eigenvalue weighted by Gasteiger charge is -2.08. The molecule has 0 fully saturated rings. The molecule has 0 amide bonds. The summed E-state index contributed by atoms with van der Waals surface area (Å²) in [6.45, 7) is 6.51. The minimum absolute atomic E-state index is 0.0382. The van der Waals surface area contributed by atoms with Crippen molar-refractivity contribution in [1.29, 1.82) is 0 Å². The maximum Gasteiger partial charge on any atom is 0.330 e. The summed E-state index contributed by atoms with van der Waals surface area (Å²) in [5.74, 6) is 0.744. The van der Waals surface area contributed by atoms with Gasteiger partial charge >= 0.3 is 5.97 Å². The number of benzene rings is 2. The van der Waals surface area contributed by atoms with Crippen molar-refractivity contribution in [2.45, 2.75) is 45.4 Å². The number of esters is 1. The maximum atomic E-state index is 11.0. The van der Waals surface area contributed by atoms with Crippen LogP contribution in [0, 0.1) is 0 Å². The van der Waals surface area contributed by atoms with E-state index in [1.807, 2.05) is 0 Å². The first kappa shape index (κ1) is 24.1. The maximum absolute atomic E-state index is 11.0. The van der Waals surface area contributed by atoms with Gasteiger partial charge in [-0.1, -0.05) is 45.6 Å². The first-order valence-corrected chi connectivity index (χ1v) is 11.4. The number of fused-ring (bicyclic) bond motifs is 1. The molecule has 0 aliphatic rings. The molecule has 1 N–H and O–H groups in total. The van der Waals surface area contributed by atoms with Crippen molar-refractivity contribution in [2.24, 2.45) is 0 Å². The Hall–Kier alpha value is -3.55. The standard InChI is InChI=1S/C25H31N3O5/c1-3-5-6-7-8-9-14-31-20-11-13-23(24(29)18-20)28-26-21-12-10-19(17-22(21)27-28)32-15-16-33-25(30)4-2/h4,10-13,17-18,29H,2-3,5-9,14-16H2,1H3. The molecular weight excluding hydrogens is 422 g/mol. The Labute approximate surface area is 193 Å². The summed E-state index contributed by atoms with van der Waals surface area (Å²) in [5.41, 5.74) is 1.72. The number of ether oxygens (including phenoxy) is 3. The molecule has 0 saturated heterocycles. The monoisotopic (exact) mass is 453 g/mol. The Kier molecular flexibility index (Phi) is 9.11. The van der Waals surface area contributed by atoms with Crippen molar-refractivity contribution in [2.75, 3.05) is 19.8 Å². The van der Waals surface area contributed by atoms with Crippen LogP contribution in [-0.2, 0) is 9.53 Å². The van der Waals surface area contributed by atoms with Crippen LogP contribution in [0.3, 0.4) is 0 Å². The highest BCUT2D eigenvalue weighted by molar-refractivity contribution is 5.81. The average molecular weight is 454 g/mol. The van der Waals surface area contributed by atoms with Gasteiger partial charge in [0, 0.05) is 18.2 Å². The van der Waals surface area contributed by atoms with Crippen LogP contribution in [0.2, 0.25) is 0 Å². The van der Waals surface area contributed by atoms with E-state index in [0.717, 1.165) is 18.9 Å². The fourth-order valence-corrected chi connectivity index (χ4v) is 3.29. The van der Waals surface area contributed by atoms with Crippen molar-refractivity contribution in [3.05, 3.63) is 49.1 Å². The van der Waals surface area contributed by atoms with Crippen LogP contribution < -0.4 is 9.47 Å². The highest BCUT2D eigenvalue weighted by atomic mass is 16.6. The number of aromatic nitrogens is 3. The van der Waals surface area contributed by atoms with Crippen LogP contribution in [-0.4, -0.2) is 45.9 Å². The number of carbonyl (C=O) groups is 1. The van der Waals surface area contributed by atoms with E-state index in [4.69, 9.17) is 14.2 Å². The molecule has 1 heterocycles. The second-order valence-electron chi connectivity index (χ2n) is 7.63. The fourth-order valence-electron chi connectivity index (χ4n) is 3.29. The molecule has 0 atom stereocenters. The van der Waals surface area contributed by atoms with Gasteiger partial charge in [0.1, 0.15) is 47.2 Å². The summed E-state index contributed by atoms with van der Waals surface area (Å²) in [6, 6.07) is 10.4. The third kappa shape index (κ3) is 7.24. The number of nitrogens with zero attached hydrogens (tertiary/aromatic N) is 3. The van der Waals surface area contributed by atoms with E-state index in [9.17, 15) is 9.90 Å². The van der Waals surface area contributed by atoms with Crippen LogP contribution in [0.1, 0.15) is 45.4 Å². The van der Waals surface area contributed by atoms with Gasteiger partial charge in [-0.3, -0.25) is 0 Å². The number of phenols is 1. The van der Waals surface area contributed by atoms with Gasteiger partial charge in [0.25, 0.3) is 0 Å². The smallest absolute Gasteiger partial charge is 0.330 e. The number of hydrogen-bond acceptors (Lipinski definition) is 7. The normalized spacial score (nSPS) is 10.8. The lowest BCUT2D eigenvalue weighted by atomic mass is 10.1. The van der Waals surface area contributed by atoms with E-state index >= 15 is 0 Å². The van der Waals surface area contributed by atoms with Gasteiger partial charge < -0.3 is 19.3 Å². The summed E-state index contributed by atoms with van der Waals surface area (Å²) in [5, 5.41) is 19.3. The summed E-state index contributed by atoms with van der Waals surface area (Å²) in [6.07, 6.45) is 8.29. The topological polar surface area (TPSA) is 95.7 Å². The Morgan fingerprint density at radius 2 is 1.64 bits per heavy atom. The minimum atomic E-state index is -0.490. The summed E-state index contributed by atoms with van der Waals surface area (Å²) in [4.78, 5) is 12.4. The minimum Gasteiger partial charge on any atom is -0.505 e. The van der Waals surface area contributed by atoms with Gasteiger partial charge in [-0.25, -0.2) is 4.79 Å². The Morgan fingerprint density at radius 3 is 2.42 bits per heavy atom. The molecule has 3 aromatic rings. The second-order valence-corrected chi connectivity index (χ2v) is 7.63. The van der Waals surface area contributed by atoms with Crippen molar-refractivity contribution in [3.63, 3.8) is 0 Å². The molecule has 0 unspecified atom stereocenters. The molecule has 8 heteroatoms. The van der Waals surface area contributed by atoms with Gasteiger partial charge in [-0.15, -0.1) is 15.0 Å². The Balaban J connectivity index is 1.56. The summed E-state index contributed by atoms with van der Waals surface area (Å²) < 4.78 is 16.2. The molecule has 0 aliphatic heterocycles. The fraction of sp³-hybridized carbons (Fsp3) is 0.400. The predicted molar refractivity (Wildman–Crippen MR) is 126 cm³/mol. The molecule has 0 radical (unpaired) electrons. The molecule has 8 nitrogen and oxygen atoms in total. The third-order valence-corrected chi connectivity index (χ3v) is 5.04. The van der Waals surface area contributed by atoms with E-state index < -0.39 is 5.97 Å². The molecule has 176 valence electrons. The van der Waals surface area contributed by atoms with E-state index in [1.165, 1.54) is 30.5 Å². The SMILES string of the molecule is C=CC(=O)OCCOc1ccc2nn(-c3ccc(OCCCCCCCC)cc3O)nc2c1. The largest absolute Gasteiger partial charge is 0.505 e. The van der Waals surface area contributed by atoms with Gasteiger partial charge in [-0.05, 0) is 30.7 Å². The van der Waals surface area contributed by atoms with Crippen LogP contribution in [0.15, 0.2) is 49.1 Å². The molecule has 0 saturated carbocycles. The summed E-state index contributed by atoms with van der Waals surface area (Å²) >= 11 is 0. The van der Waals surface area contributed by atoms with Crippen LogP contribution >= 0.6 is 0 Å². The van der Waals surface area contributed by atoms with E-state index in [0.29, 0.717) is 34.8 Å². The predicted octanol–water partition coefficient (Wildman–Crippen LogP) is 4.97. The highest BCUT2D eigenvalue weighted by Gasteiger charge is 2.11. The van der Waals surface area contributed by atoms with Crippen molar-refractivity contribution < 1.29 is 24.1 Å².